The van der Waals surface area contributed by atoms with E-state index in [-0.39, 0.29) is 0 Å². The molecule has 0 saturated carbocycles. The molecule has 3 aromatic rings. The monoisotopic (exact) mass is 424 g/mol. The highest BCUT2D eigenvalue weighted by atomic mass is 32.1. The van der Waals surface area contributed by atoms with Crippen molar-refractivity contribution in [2.75, 3.05) is 31.6 Å². The second kappa shape index (κ2) is 8.29. The molecule has 30 heavy (non-hydrogen) atoms. The number of morpholine rings is 1. The molecule has 1 amide bonds. The predicted octanol–water partition coefficient (Wildman–Crippen LogP) is 1.83. The Hall–Kier alpha value is -2.55. The summed E-state index contributed by atoms with van der Waals surface area (Å²) in [6.45, 7) is 4.36. The molecule has 4 N–H and O–H groups in total. The maximum atomic E-state index is 11.4. The molecule has 0 spiro atoms. The Balaban J connectivity index is 1.52. The van der Waals surface area contributed by atoms with Gasteiger partial charge in [0.15, 0.2) is 5.82 Å². The molecule has 156 valence electrons. The lowest BCUT2D eigenvalue weighted by atomic mass is 9.97. The maximum absolute atomic E-state index is 11.4. The Labute approximate surface area is 179 Å². The highest BCUT2D eigenvalue weighted by Gasteiger charge is 2.23. The van der Waals surface area contributed by atoms with Crippen molar-refractivity contribution in [1.82, 2.24) is 9.97 Å². The molecule has 0 radical (unpaired) electrons. The van der Waals surface area contributed by atoms with Gasteiger partial charge in [0.1, 0.15) is 30.3 Å². The smallest absolute Gasteiger partial charge is 0.248 e. The summed E-state index contributed by atoms with van der Waals surface area (Å²) in [7, 11) is 0. The summed E-state index contributed by atoms with van der Waals surface area (Å²) in [5, 5.41) is 4.66. The van der Waals surface area contributed by atoms with Gasteiger partial charge in [0.25, 0.3) is 0 Å². The number of thiophene rings is 1. The molecular weight excluding hydrogens is 398 g/mol. The van der Waals surface area contributed by atoms with Gasteiger partial charge in [-0.15, -0.1) is 11.3 Å². The molecule has 0 atom stereocenters. The summed E-state index contributed by atoms with van der Waals surface area (Å²) < 4.78 is 5.49. The van der Waals surface area contributed by atoms with Gasteiger partial charge in [-0.25, -0.2) is 9.97 Å². The van der Waals surface area contributed by atoms with Gasteiger partial charge >= 0.3 is 0 Å². The third kappa shape index (κ3) is 3.90. The molecule has 2 aromatic heterocycles. The van der Waals surface area contributed by atoms with Crippen molar-refractivity contribution in [1.29, 1.82) is 0 Å². The van der Waals surface area contributed by atoms with Crippen LogP contribution in [0.15, 0.2) is 24.3 Å². The van der Waals surface area contributed by atoms with Crippen LogP contribution < -0.4 is 16.0 Å². The highest BCUT2D eigenvalue weighted by molar-refractivity contribution is 7.19. The lowest BCUT2D eigenvalue weighted by Crippen LogP contribution is -3.12. The van der Waals surface area contributed by atoms with E-state index in [0.717, 1.165) is 73.2 Å². The SMILES string of the molecule is NC(=O)c1ccc(Nc2nc(C[NH+]3CCOCC3)nc3sc4c(c23)CCCC4)cc1. The molecule has 8 heteroatoms. The number of amides is 1. The number of quaternary nitrogens is 1. The van der Waals surface area contributed by atoms with Crippen LogP contribution >= 0.6 is 11.3 Å². The zero-order valence-corrected chi connectivity index (χ0v) is 17.7. The Morgan fingerprint density at radius 2 is 1.90 bits per heavy atom. The molecular formula is C22H26N5O2S+. The van der Waals surface area contributed by atoms with E-state index in [1.807, 2.05) is 23.5 Å². The summed E-state index contributed by atoms with van der Waals surface area (Å²) in [5.74, 6) is 1.32. The number of nitrogens with two attached hydrogens (primary N) is 1. The number of fused-ring (bicyclic) bond motifs is 3. The van der Waals surface area contributed by atoms with Crippen molar-refractivity contribution in [3.05, 3.63) is 46.1 Å². The number of nitrogens with one attached hydrogen (secondary N) is 2. The van der Waals surface area contributed by atoms with Crippen molar-refractivity contribution in [2.24, 2.45) is 5.73 Å². The average Bonchev–Trinajstić information content (AvgIpc) is 3.13. The topological polar surface area (TPSA) is 94.6 Å². The van der Waals surface area contributed by atoms with Crippen LogP contribution in [-0.2, 0) is 24.1 Å². The van der Waals surface area contributed by atoms with Crippen molar-refractivity contribution in [2.45, 2.75) is 32.2 Å². The van der Waals surface area contributed by atoms with E-state index in [1.165, 1.54) is 28.2 Å². The van der Waals surface area contributed by atoms with Gasteiger partial charge < -0.3 is 20.7 Å². The Bertz CT molecular complexity index is 1070. The number of carbonyl (C=O) groups is 1. The van der Waals surface area contributed by atoms with Crippen molar-refractivity contribution in [3.63, 3.8) is 0 Å². The number of benzene rings is 1. The van der Waals surface area contributed by atoms with Crippen LogP contribution in [0.2, 0.25) is 0 Å². The van der Waals surface area contributed by atoms with Crippen LogP contribution in [0.4, 0.5) is 11.5 Å². The molecule has 5 rings (SSSR count). The van der Waals surface area contributed by atoms with Gasteiger partial charge in [-0.2, -0.15) is 0 Å². The zero-order chi connectivity index (χ0) is 20.5. The first kappa shape index (κ1) is 19.4. The van der Waals surface area contributed by atoms with E-state index >= 15 is 0 Å². The largest absolute Gasteiger partial charge is 0.370 e. The van der Waals surface area contributed by atoms with E-state index in [9.17, 15) is 4.79 Å². The summed E-state index contributed by atoms with van der Waals surface area (Å²) in [4.78, 5) is 25.3. The molecule has 1 aliphatic heterocycles. The van der Waals surface area contributed by atoms with Crippen LogP contribution in [0, 0.1) is 0 Å². The summed E-state index contributed by atoms with van der Waals surface area (Å²) in [6, 6.07) is 7.23. The van der Waals surface area contributed by atoms with Gasteiger partial charge in [0.2, 0.25) is 5.91 Å². The van der Waals surface area contributed by atoms with E-state index < -0.39 is 5.91 Å². The summed E-state index contributed by atoms with van der Waals surface area (Å²) in [6.07, 6.45) is 4.68. The first-order valence-electron chi connectivity index (χ1n) is 10.6. The number of primary amides is 1. The van der Waals surface area contributed by atoms with E-state index in [0.29, 0.717) is 5.56 Å². The molecule has 1 aromatic carbocycles. The number of nitrogens with zero attached hydrogens (tertiary/aromatic N) is 2. The second-order valence-electron chi connectivity index (χ2n) is 7.99. The number of aromatic nitrogens is 2. The average molecular weight is 425 g/mol. The number of hydrogen-bond acceptors (Lipinski definition) is 6. The number of ether oxygens (including phenoxy) is 1. The molecule has 0 unspecified atom stereocenters. The minimum atomic E-state index is -0.423. The third-order valence-electron chi connectivity index (χ3n) is 5.90. The summed E-state index contributed by atoms with van der Waals surface area (Å²) >= 11 is 1.82. The fourth-order valence-electron chi connectivity index (χ4n) is 4.29. The molecule has 1 saturated heterocycles. The van der Waals surface area contributed by atoms with E-state index in [1.54, 1.807) is 12.1 Å². The fraction of sp³-hybridized carbons (Fsp3) is 0.409. The molecule has 3 heterocycles. The van der Waals surface area contributed by atoms with Gasteiger partial charge in [-0.05, 0) is 55.5 Å². The highest BCUT2D eigenvalue weighted by Crippen LogP contribution is 2.39. The molecule has 7 nitrogen and oxygen atoms in total. The van der Waals surface area contributed by atoms with Crippen LogP contribution in [-0.4, -0.2) is 42.2 Å². The number of rotatable bonds is 5. The van der Waals surface area contributed by atoms with Gasteiger partial charge in [-0.1, -0.05) is 0 Å². The third-order valence-corrected chi connectivity index (χ3v) is 7.09. The molecule has 0 bridgehead atoms. The molecule has 2 aliphatic rings. The zero-order valence-electron chi connectivity index (χ0n) is 16.9. The molecule has 1 fully saturated rings. The standard InChI is InChI=1S/C22H25N5O2S/c23-20(28)14-5-7-15(8-6-14)24-21-19-16-3-1-2-4-17(16)30-22(19)26-18(25-21)13-27-9-11-29-12-10-27/h5-8H,1-4,9-13H2,(H2,23,28)(H,24,25,26)/p+1. The lowest BCUT2D eigenvalue weighted by molar-refractivity contribution is -0.922. The van der Waals surface area contributed by atoms with E-state index in [2.05, 4.69) is 5.32 Å². The van der Waals surface area contributed by atoms with Crippen LogP contribution in [0.3, 0.4) is 0 Å². The number of aryl methyl sites for hydroxylation is 2. The van der Waals surface area contributed by atoms with Crippen LogP contribution in [0.25, 0.3) is 10.2 Å². The number of hydrogen-bond donors (Lipinski definition) is 3. The quantitative estimate of drug-likeness (QED) is 0.581. The second-order valence-corrected chi connectivity index (χ2v) is 9.07. The van der Waals surface area contributed by atoms with Crippen molar-refractivity contribution < 1.29 is 14.4 Å². The first-order valence-corrected chi connectivity index (χ1v) is 11.4. The van der Waals surface area contributed by atoms with Gasteiger partial charge in [0, 0.05) is 16.1 Å². The van der Waals surface area contributed by atoms with Crippen molar-refractivity contribution in [3.8, 4) is 0 Å². The minimum absolute atomic E-state index is 0.423. The fourth-order valence-corrected chi connectivity index (χ4v) is 5.57. The van der Waals surface area contributed by atoms with Gasteiger partial charge in [-0.3, -0.25) is 4.79 Å². The number of carbonyl (C=O) groups excluding carboxylic acids is 1. The minimum Gasteiger partial charge on any atom is -0.370 e. The lowest BCUT2D eigenvalue weighted by Gasteiger charge is -2.23. The number of anilines is 2. The Kier molecular flexibility index (Phi) is 5.37. The Morgan fingerprint density at radius 3 is 2.67 bits per heavy atom. The normalized spacial score (nSPS) is 17.1. The van der Waals surface area contributed by atoms with Gasteiger partial charge in [0.05, 0.1) is 18.6 Å². The first-order chi connectivity index (χ1) is 14.7. The van der Waals surface area contributed by atoms with E-state index in [4.69, 9.17) is 20.4 Å². The van der Waals surface area contributed by atoms with Crippen molar-refractivity contribution >= 4 is 39.0 Å². The summed E-state index contributed by atoms with van der Waals surface area (Å²) in [5.41, 5.74) is 8.16. The van der Waals surface area contributed by atoms with Crippen LogP contribution in [0.1, 0.15) is 39.5 Å². The predicted molar refractivity (Wildman–Crippen MR) is 118 cm³/mol. The van der Waals surface area contributed by atoms with Crippen LogP contribution in [0.5, 0.6) is 0 Å². The maximum Gasteiger partial charge on any atom is 0.248 e. The Morgan fingerprint density at radius 1 is 1.13 bits per heavy atom. The molecule has 1 aliphatic carbocycles.